The van der Waals surface area contributed by atoms with Crippen LogP contribution in [0, 0.1) is 5.92 Å². The molecule has 0 aromatic carbocycles. The third kappa shape index (κ3) is 4.65. The van der Waals surface area contributed by atoms with Crippen molar-refractivity contribution in [2.24, 2.45) is 5.92 Å². The van der Waals surface area contributed by atoms with Crippen molar-refractivity contribution >= 4 is 5.97 Å². The number of esters is 1. The molecule has 1 aliphatic carbocycles. The number of nitrogens with one attached hydrogen (secondary N) is 1. The van der Waals surface area contributed by atoms with Crippen LogP contribution in [0.4, 0.5) is 0 Å². The van der Waals surface area contributed by atoms with Crippen LogP contribution >= 0.6 is 0 Å². The molecule has 0 amide bonds. The molecule has 0 aromatic heterocycles. The van der Waals surface area contributed by atoms with E-state index in [1.165, 1.54) is 39.2 Å². The highest BCUT2D eigenvalue weighted by Gasteiger charge is 2.19. The summed E-state index contributed by atoms with van der Waals surface area (Å²) in [6.45, 7) is 2.97. The van der Waals surface area contributed by atoms with Gasteiger partial charge < -0.3 is 10.1 Å². The smallest absolute Gasteiger partial charge is 0.306 e. The predicted molar refractivity (Wildman–Crippen MR) is 60.7 cm³/mol. The summed E-state index contributed by atoms with van der Waals surface area (Å²) in [6, 6.07) is 0.537. The van der Waals surface area contributed by atoms with Crippen molar-refractivity contribution in [3.63, 3.8) is 0 Å². The predicted octanol–water partition coefficient (Wildman–Crippen LogP) is 2.11. The van der Waals surface area contributed by atoms with Crippen LogP contribution in [-0.2, 0) is 9.53 Å². The van der Waals surface area contributed by atoms with Gasteiger partial charge >= 0.3 is 5.97 Å². The quantitative estimate of drug-likeness (QED) is 0.711. The molecule has 3 nitrogen and oxygen atoms in total. The summed E-state index contributed by atoms with van der Waals surface area (Å²) in [7, 11) is 1.44. The molecule has 1 N–H and O–H groups in total. The molecule has 88 valence electrons. The van der Waals surface area contributed by atoms with E-state index < -0.39 is 0 Å². The fraction of sp³-hybridized carbons (Fsp3) is 0.917. The number of hydrogen-bond acceptors (Lipinski definition) is 3. The average Bonchev–Trinajstić information content (AvgIpc) is 2.29. The molecule has 0 radical (unpaired) electrons. The number of rotatable bonds is 5. The Kier molecular flexibility index (Phi) is 5.69. The van der Waals surface area contributed by atoms with Crippen molar-refractivity contribution in [1.29, 1.82) is 0 Å². The number of carbonyl (C=O) groups is 1. The lowest BCUT2D eigenvalue weighted by Gasteiger charge is -2.28. The van der Waals surface area contributed by atoms with Gasteiger partial charge in [0.15, 0.2) is 0 Å². The van der Waals surface area contributed by atoms with Crippen molar-refractivity contribution in [1.82, 2.24) is 5.32 Å². The summed E-state index contributed by atoms with van der Waals surface area (Å²) in [5, 5.41) is 3.42. The van der Waals surface area contributed by atoms with E-state index in [4.69, 9.17) is 0 Å². The Bertz CT molecular complexity index is 188. The van der Waals surface area contributed by atoms with E-state index in [0.717, 1.165) is 12.5 Å². The third-order valence-electron chi connectivity index (χ3n) is 3.38. The maximum absolute atomic E-state index is 10.9. The molecule has 0 heterocycles. The Morgan fingerprint density at radius 3 is 2.67 bits per heavy atom. The molecule has 1 rings (SSSR count). The van der Waals surface area contributed by atoms with Gasteiger partial charge in [-0.25, -0.2) is 0 Å². The number of ether oxygens (including phenoxy) is 1. The average molecular weight is 213 g/mol. The molecule has 15 heavy (non-hydrogen) atoms. The minimum Gasteiger partial charge on any atom is -0.469 e. The largest absolute Gasteiger partial charge is 0.469 e. The second-order valence-electron chi connectivity index (χ2n) is 4.47. The molecule has 0 saturated heterocycles. The molecule has 0 bridgehead atoms. The first-order chi connectivity index (χ1) is 7.24. The molecule has 1 aliphatic rings. The Hall–Kier alpha value is -0.570. The summed E-state index contributed by atoms with van der Waals surface area (Å²) < 4.78 is 4.60. The van der Waals surface area contributed by atoms with Crippen molar-refractivity contribution in [3.05, 3.63) is 0 Å². The summed E-state index contributed by atoms with van der Waals surface area (Å²) in [5.74, 6) is 0.676. The molecule has 1 fully saturated rings. The third-order valence-corrected chi connectivity index (χ3v) is 3.38. The van der Waals surface area contributed by atoms with Gasteiger partial charge in [-0.2, -0.15) is 0 Å². The van der Waals surface area contributed by atoms with Crippen molar-refractivity contribution in [2.75, 3.05) is 13.7 Å². The maximum atomic E-state index is 10.9. The van der Waals surface area contributed by atoms with Gasteiger partial charge in [0.2, 0.25) is 0 Å². The minimum atomic E-state index is -0.127. The van der Waals surface area contributed by atoms with Crippen molar-refractivity contribution < 1.29 is 9.53 Å². The fourth-order valence-electron chi connectivity index (χ4n) is 2.30. The molecular formula is C12H23NO2. The first-order valence-corrected chi connectivity index (χ1v) is 6.04. The van der Waals surface area contributed by atoms with Gasteiger partial charge in [0, 0.05) is 12.6 Å². The van der Waals surface area contributed by atoms with E-state index in [0.29, 0.717) is 12.5 Å². The van der Waals surface area contributed by atoms with Crippen LogP contribution in [0.15, 0.2) is 0 Å². The summed E-state index contributed by atoms with van der Waals surface area (Å²) in [6.07, 6.45) is 7.29. The van der Waals surface area contributed by atoms with Crippen LogP contribution in [0.5, 0.6) is 0 Å². The van der Waals surface area contributed by atoms with Crippen LogP contribution in [0.3, 0.4) is 0 Å². The van der Waals surface area contributed by atoms with Crippen molar-refractivity contribution in [2.45, 2.75) is 51.5 Å². The molecule has 1 unspecified atom stereocenters. The summed E-state index contributed by atoms with van der Waals surface area (Å²) in [5.41, 5.74) is 0. The minimum absolute atomic E-state index is 0.127. The van der Waals surface area contributed by atoms with E-state index in [1.54, 1.807) is 0 Å². The lowest BCUT2D eigenvalue weighted by molar-refractivity contribution is -0.140. The first kappa shape index (κ1) is 12.5. The normalized spacial score (nSPS) is 19.9. The molecule has 0 aromatic rings. The Balaban J connectivity index is 2.11. The van der Waals surface area contributed by atoms with E-state index in [2.05, 4.69) is 17.0 Å². The van der Waals surface area contributed by atoms with Gasteiger partial charge in [0.1, 0.15) is 0 Å². The van der Waals surface area contributed by atoms with E-state index in [9.17, 15) is 4.79 Å². The second-order valence-corrected chi connectivity index (χ2v) is 4.47. The first-order valence-electron chi connectivity index (χ1n) is 6.04. The highest BCUT2D eigenvalue weighted by atomic mass is 16.5. The monoisotopic (exact) mass is 213 g/mol. The van der Waals surface area contributed by atoms with Crippen LogP contribution < -0.4 is 5.32 Å². The lowest BCUT2D eigenvalue weighted by atomic mass is 9.84. The van der Waals surface area contributed by atoms with Gasteiger partial charge in [-0.1, -0.05) is 19.3 Å². The molecule has 1 saturated carbocycles. The topological polar surface area (TPSA) is 38.3 Å². The zero-order valence-electron chi connectivity index (χ0n) is 9.92. The second kappa shape index (κ2) is 6.83. The number of carbonyl (C=O) groups excluding carboxylic acids is 1. The molecule has 1 atom stereocenters. The van der Waals surface area contributed by atoms with Gasteiger partial charge in [-0.05, 0) is 25.7 Å². The SMILES string of the molecule is COC(=O)CCNC(C)C1CCCCC1. The molecule has 0 aliphatic heterocycles. The fourth-order valence-corrected chi connectivity index (χ4v) is 2.30. The van der Waals surface area contributed by atoms with E-state index >= 15 is 0 Å². The summed E-state index contributed by atoms with van der Waals surface area (Å²) in [4.78, 5) is 10.9. The Morgan fingerprint density at radius 2 is 2.07 bits per heavy atom. The molecule has 0 spiro atoms. The van der Waals surface area contributed by atoms with Crippen LogP contribution in [0.2, 0.25) is 0 Å². The Morgan fingerprint density at radius 1 is 1.40 bits per heavy atom. The van der Waals surface area contributed by atoms with E-state index in [1.807, 2.05) is 0 Å². The van der Waals surface area contributed by atoms with Crippen LogP contribution in [0.25, 0.3) is 0 Å². The lowest BCUT2D eigenvalue weighted by Crippen LogP contribution is -2.36. The van der Waals surface area contributed by atoms with Crippen molar-refractivity contribution in [3.8, 4) is 0 Å². The standard InChI is InChI=1S/C12H23NO2/c1-10(11-6-4-3-5-7-11)13-9-8-12(14)15-2/h10-11,13H,3-9H2,1-2H3. The summed E-state index contributed by atoms with van der Waals surface area (Å²) >= 11 is 0. The maximum Gasteiger partial charge on any atom is 0.306 e. The molecule has 3 heteroatoms. The van der Waals surface area contributed by atoms with Gasteiger partial charge in [-0.15, -0.1) is 0 Å². The van der Waals surface area contributed by atoms with Gasteiger partial charge in [0.05, 0.1) is 13.5 Å². The number of hydrogen-bond donors (Lipinski definition) is 1. The number of methoxy groups -OCH3 is 1. The van der Waals surface area contributed by atoms with Crippen LogP contribution in [0.1, 0.15) is 45.4 Å². The van der Waals surface area contributed by atoms with Gasteiger partial charge in [0.25, 0.3) is 0 Å². The molecular weight excluding hydrogens is 190 g/mol. The van der Waals surface area contributed by atoms with Crippen LogP contribution in [-0.4, -0.2) is 25.7 Å². The Labute approximate surface area is 92.6 Å². The van der Waals surface area contributed by atoms with E-state index in [-0.39, 0.29) is 5.97 Å². The van der Waals surface area contributed by atoms with Gasteiger partial charge in [-0.3, -0.25) is 4.79 Å². The zero-order valence-corrected chi connectivity index (χ0v) is 9.92. The highest BCUT2D eigenvalue weighted by Crippen LogP contribution is 2.26. The highest BCUT2D eigenvalue weighted by molar-refractivity contribution is 5.69. The zero-order chi connectivity index (χ0) is 11.1.